The molecule has 0 aliphatic heterocycles. The Morgan fingerprint density at radius 2 is 2.10 bits per heavy atom. The highest BCUT2D eigenvalue weighted by atomic mass is 79.9. The van der Waals surface area contributed by atoms with E-state index in [9.17, 15) is 18.0 Å². The van der Waals surface area contributed by atoms with E-state index in [0.29, 0.717) is 0 Å². The van der Waals surface area contributed by atoms with Crippen molar-refractivity contribution in [2.24, 2.45) is 0 Å². The standard InChI is InChI=1S/C11H15BrN2O5S2/c1-21(18,19)5-4-8(10(15)16)14-11(17)13-6-7-2-3-9(12)20-7/h2-3,8H,4-6H2,1H3,(H,15,16)(H2,13,14,17). The highest BCUT2D eigenvalue weighted by Gasteiger charge is 2.21. The highest BCUT2D eigenvalue weighted by molar-refractivity contribution is 9.11. The molecule has 3 N–H and O–H groups in total. The minimum atomic E-state index is -3.28. The summed E-state index contributed by atoms with van der Waals surface area (Å²) in [7, 11) is -3.28. The molecule has 0 aliphatic carbocycles. The number of nitrogens with one attached hydrogen (secondary N) is 2. The molecule has 21 heavy (non-hydrogen) atoms. The molecule has 1 rings (SSSR count). The topological polar surface area (TPSA) is 113 Å². The second kappa shape index (κ2) is 7.76. The Bertz CT molecular complexity index is 614. The second-order valence-corrected chi connectivity index (χ2v) is 9.15. The maximum absolute atomic E-state index is 11.6. The van der Waals surface area contributed by atoms with Gasteiger partial charge in [-0.3, -0.25) is 0 Å². The zero-order chi connectivity index (χ0) is 16.0. The van der Waals surface area contributed by atoms with E-state index in [0.717, 1.165) is 14.9 Å². The molecule has 118 valence electrons. The Balaban J connectivity index is 2.47. The van der Waals surface area contributed by atoms with Gasteiger partial charge in [0.15, 0.2) is 0 Å². The number of urea groups is 1. The SMILES string of the molecule is CS(=O)(=O)CCC(NC(=O)NCc1ccc(Br)s1)C(=O)O. The van der Waals surface area contributed by atoms with Crippen molar-refractivity contribution in [1.29, 1.82) is 0 Å². The third-order valence-electron chi connectivity index (χ3n) is 2.43. The van der Waals surface area contributed by atoms with Gasteiger partial charge in [0.05, 0.1) is 16.1 Å². The van der Waals surface area contributed by atoms with E-state index in [2.05, 4.69) is 26.6 Å². The van der Waals surface area contributed by atoms with Gasteiger partial charge in [-0.25, -0.2) is 18.0 Å². The number of amides is 2. The second-order valence-electron chi connectivity index (χ2n) is 4.34. The van der Waals surface area contributed by atoms with E-state index in [1.165, 1.54) is 11.3 Å². The normalized spacial score (nSPS) is 12.7. The lowest BCUT2D eigenvalue weighted by molar-refractivity contribution is -0.139. The van der Waals surface area contributed by atoms with Gasteiger partial charge in [-0.05, 0) is 34.5 Å². The minimum absolute atomic E-state index is 0.174. The van der Waals surface area contributed by atoms with Gasteiger partial charge in [-0.15, -0.1) is 11.3 Å². The number of carbonyl (C=O) groups excluding carboxylic acids is 1. The molecule has 2 amide bonds. The van der Waals surface area contributed by atoms with Crippen LogP contribution in [0.15, 0.2) is 15.9 Å². The van der Waals surface area contributed by atoms with Crippen LogP contribution in [-0.2, 0) is 21.2 Å². The third kappa shape index (κ3) is 7.44. The molecule has 0 spiro atoms. The fourth-order valence-electron chi connectivity index (χ4n) is 1.41. The summed E-state index contributed by atoms with van der Waals surface area (Å²) < 4.78 is 23.0. The maximum Gasteiger partial charge on any atom is 0.326 e. The number of carboxylic acids is 1. The molecular formula is C11H15BrN2O5S2. The van der Waals surface area contributed by atoms with Gasteiger partial charge in [-0.2, -0.15) is 0 Å². The van der Waals surface area contributed by atoms with Crippen LogP contribution in [0.5, 0.6) is 0 Å². The molecule has 1 aromatic heterocycles. The molecule has 0 saturated carbocycles. The van der Waals surface area contributed by atoms with Crippen LogP contribution in [0.2, 0.25) is 0 Å². The number of hydrogen-bond donors (Lipinski definition) is 3. The number of carboxylic acid groups (broad SMARTS) is 1. The van der Waals surface area contributed by atoms with Crippen LogP contribution < -0.4 is 10.6 Å². The summed E-state index contributed by atoms with van der Waals surface area (Å²) >= 11 is 4.74. The van der Waals surface area contributed by atoms with Crippen LogP contribution in [0.3, 0.4) is 0 Å². The molecule has 0 fully saturated rings. The molecule has 0 bridgehead atoms. The van der Waals surface area contributed by atoms with E-state index >= 15 is 0 Å². The summed E-state index contributed by atoms with van der Waals surface area (Å²) in [5.41, 5.74) is 0. The van der Waals surface area contributed by atoms with Crippen LogP contribution in [0.25, 0.3) is 0 Å². The zero-order valence-corrected chi connectivity index (χ0v) is 14.3. The number of halogens is 1. The van der Waals surface area contributed by atoms with Crippen molar-refractivity contribution in [3.8, 4) is 0 Å². The van der Waals surface area contributed by atoms with Crippen molar-refractivity contribution >= 4 is 49.1 Å². The van der Waals surface area contributed by atoms with Gasteiger partial charge in [0.25, 0.3) is 0 Å². The predicted octanol–water partition coefficient (Wildman–Crippen LogP) is 1.20. The van der Waals surface area contributed by atoms with Gasteiger partial charge in [0, 0.05) is 11.1 Å². The van der Waals surface area contributed by atoms with E-state index in [-0.39, 0.29) is 18.7 Å². The van der Waals surface area contributed by atoms with Crippen LogP contribution in [0, 0.1) is 0 Å². The lowest BCUT2D eigenvalue weighted by atomic mass is 10.2. The van der Waals surface area contributed by atoms with Crippen molar-refractivity contribution in [3.05, 3.63) is 20.8 Å². The Morgan fingerprint density at radius 1 is 1.43 bits per heavy atom. The average Bonchev–Trinajstić information content (AvgIpc) is 2.76. The first-order valence-corrected chi connectivity index (χ1v) is 9.53. The lowest BCUT2D eigenvalue weighted by Gasteiger charge is -2.14. The summed E-state index contributed by atoms with van der Waals surface area (Å²) in [6, 6.07) is 1.77. The number of sulfone groups is 1. The molecule has 1 atom stereocenters. The average molecular weight is 399 g/mol. The number of hydrogen-bond acceptors (Lipinski definition) is 5. The molecule has 0 radical (unpaired) electrons. The first-order valence-electron chi connectivity index (χ1n) is 5.86. The maximum atomic E-state index is 11.6. The molecule has 10 heteroatoms. The molecule has 1 aromatic rings. The Labute approximate surface area is 134 Å². The van der Waals surface area contributed by atoms with E-state index < -0.39 is 27.9 Å². The van der Waals surface area contributed by atoms with Crippen LogP contribution >= 0.6 is 27.3 Å². The monoisotopic (exact) mass is 398 g/mol. The highest BCUT2D eigenvalue weighted by Crippen LogP contribution is 2.21. The number of thiophene rings is 1. The van der Waals surface area contributed by atoms with Gasteiger partial charge >= 0.3 is 12.0 Å². The Hall–Kier alpha value is -1.13. The molecule has 0 aliphatic rings. The van der Waals surface area contributed by atoms with Crippen molar-refractivity contribution in [2.45, 2.75) is 19.0 Å². The lowest BCUT2D eigenvalue weighted by Crippen LogP contribution is -2.46. The smallest absolute Gasteiger partial charge is 0.326 e. The van der Waals surface area contributed by atoms with E-state index in [4.69, 9.17) is 5.11 Å². The van der Waals surface area contributed by atoms with Crippen LogP contribution in [0.4, 0.5) is 4.79 Å². The molecule has 0 aromatic carbocycles. The summed E-state index contributed by atoms with van der Waals surface area (Å²) in [6.07, 6.45) is 0.840. The quantitative estimate of drug-likeness (QED) is 0.638. The Morgan fingerprint density at radius 3 is 2.57 bits per heavy atom. The van der Waals surface area contributed by atoms with Gasteiger partial charge < -0.3 is 15.7 Å². The summed E-state index contributed by atoms with van der Waals surface area (Å²) in [6.45, 7) is 0.264. The molecule has 0 saturated heterocycles. The minimum Gasteiger partial charge on any atom is -0.480 e. The number of carbonyl (C=O) groups is 2. The number of aliphatic carboxylic acids is 1. The van der Waals surface area contributed by atoms with E-state index in [1.807, 2.05) is 12.1 Å². The van der Waals surface area contributed by atoms with Gasteiger partial charge in [-0.1, -0.05) is 0 Å². The molecular weight excluding hydrogens is 384 g/mol. The van der Waals surface area contributed by atoms with Crippen molar-refractivity contribution in [3.63, 3.8) is 0 Å². The van der Waals surface area contributed by atoms with Crippen molar-refractivity contribution < 1.29 is 23.1 Å². The predicted molar refractivity (Wildman–Crippen MR) is 83.1 cm³/mol. The Kier molecular flexibility index (Phi) is 6.62. The molecule has 7 nitrogen and oxygen atoms in total. The fourth-order valence-corrected chi connectivity index (χ4v) is 3.50. The van der Waals surface area contributed by atoms with Gasteiger partial charge in [0.1, 0.15) is 15.9 Å². The van der Waals surface area contributed by atoms with Gasteiger partial charge in [0.2, 0.25) is 0 Å². The first-order chi connectivity index (χ1) is 9.67. The summed E-state index contributed by atoms with van der Waals surface area (Å²) in [5.74, 6) is -1.57. The number of rotatable bonds is 7. The largest absolute Gasteiger partial charge is 0.480 e. The van der Waals surface area contributed by atoms with Crippen LogP contribution in [0.1, 0.15) is 11.3 Å². The zero-order valence-electron chi connectivity index (χ0n) is 11.1. The summed E-state index contributed by atoms with van der Waals surface area (Å²) in [5, 5.41) is 13.7. The van der Waals surface area contributed by atoms with E-state index in [1.54, 1.807) is 0 Å². The molecule has 1 unspecified atom stereocenters. The van der Waals surface area contributed by atoms with Crippen molar-refractivity contribution in [2.75, 3.05) is 12.0 Å². The molecule has 1 heterocycles. The first kappa shape index (κ1) is 17.9. The van der Waals surface area contributed by atoms with Crippen molar-refractivity contribution in [1.82, 2.24) is 10.6 Å². The van der Waals surface area contributed by atoms with Crippen LogP contribution in [-0.4, -0.2) is 43.6 Å². The summed E-state index contributed by atoms with van der Waals surface area (Å²) in [4.78, 5) is 23.5. The third-order valence-corrected chi connectivity index (χ3v) is 5.03. The fraction of sp³-hybridized carbons (Fsp3) is 0.455.